The third kappa shape index (κ3) is 4.55. The quantitative estimate of drug-likeness (QED) is 0.473. The summed E-state index contributed by atoms with van der Waals surface area (Å²) in [5.41, 5.74) is 9.94. The van der Waals surface area contributed by atoms with Crippen LogP contribution in [0.3, 0.4) is 0 Å². The lowest BCUT2D eigenvalue weighted by Gasteiger charge is -2.13. The van der Waals surface area contributed by atoms with Gasteiger partial charge in [-0.15, -0.1) is 0 Å². The fourth-order valence-electron chi connectivity index (χ4n) is 2.91. The zero-order valence-corrected chi connectivity index (χ0v) is 16.6. The Morgan fingerprint density at radius 3 is 2.34 bits per heavy atom. The molecule has 0 aromatic heterocycles. The number of nitrogens with one attached hydrogen (secondary N) is 1. The number of carbonyl (C=O) groups is 1. The number of nitrogens with zero attached hydrogens (tertiary/aromatic N) is 1. The zero-order chi connectivity index (χ0) is 20.8. The summed E-state index contributed by atoms with van der Waals surface area (Å²) < 4.78 is 10.5. The van der Waals surface area contributed by atoms with Crippen molar-refractivity contribution in [2.45, 2.75) is 6.92 Å². The molecule has 0 unspecified atom stereocenters. The summed E-state index contributed by atoms with van der Waals surface area (Å²) >= 11 is 0. The highest BCUT2D eigenvalue weighted by atomic mass is 16.5. The Bertz CT molecular complexity index is 1060. The van der Waals surface area contributed by atoms with Crippen LogP contribution >= 0.6 is 0 Å². The third-order valence-corrected chi connectivity index (χ3v) is 4.44. The molecule has 0 saturated heterocycles. The van der Waals surface area contributed by atoms with E-state index in [1.807, 2.05) is 49.4 Å². The van der Waals surface area contributed by atoms with Gasteiger partial charge in [0.1, 0.15) is 0 Å². The van der Waals surface area contributed by atoms with Gasteiger partial charge >= 0.3 is 0 Å². The molecule has 0 spiro atoms. The molecule has 0 aliphatic carbocycles. The molecule has 0 aliphatic heterocycles. The summed E-state index contributed by atoms with van der Waals surface area (Å²) in [5.74, 6) is 0.795. The van der Waals surface area contributed by atoms with Crippen molar-refractivity contribution < 1.29 is 14.3 Å². The van der Waals surface area contributed by atoms with E-state index in [9.17, 15) is 4.79 Å². The summed E-state index contributed by atoms with van der Waals surface area (Å²) in [4.78, 5) is 17.4. The van der Waals surface area contributed by atoms with Crippen LogP contribution in [0.4, 0.5) is 17.1 Å². The first-order chi connectivity index (χ1) is 14.0. The predicted molar refractivity (Wildman–Crippen MR) is 117 cm³/mol. The highest BCUT2D eigenvalue weighted by Gasteiger charge is 2.13. The molecule has 3 aromatic carbocycles. The molecule has 0 fully saturated rings. The van der Waals surface area contributed by atoms with Crippen molar-refractivity contribution in [1.82, 2.24) is 0 Å². The molecule has 0 saturated carbocycles. The molecule has 29 heavy (non-hydrogen) atoms. The zero-order valence-electron chi connectivity index (χ0n) is 16.6. The molecular weight excluding hydrogens is 366 g/mol. The van der Waals surface area contributed by atoms with Crippen molar-refractivity contribution in [3.8, 4) is 11.5 Å². The van der Waals surface area contributed by atoms with Crippen molar-refractivity contribution in [2.24, 2.45) is 4.99 Å². The van der Waals surface area contributed by atoms with Crippen molar-refractivity contribution in [2.75, 3.05) is 25.3 Å². The van der Waals surface area contributed by atoms with Gasteiger partial charge in [-0.2, -0.15) is 0 Å². The van der Waals surface area contributed by atoms with Crippen LogP contribution in [0.2, 0.25) is 0 Å². The first kappa shape index (κ1) is 19.9. The molecule has 6 heteroatoms. The lowest BCUT2D eigenvalue weighted by atomic mass is 10.1. The molecule has 6 nitrogen and oxygen atoms in total. The number of amides is 1. The Balaban J connectivity index is 1.90. The Hall–Kier alpha value is -3.80. The molecule has 1 amide bonds. The van der Waals surface area contributed by atoms with E-state index < -0.39 is 0 Å². The number of benzene rings is 3. The number of para-hydroxylation sites is 3. The Morgan fingerprint density at radius 2 is 1.62 bits per heavy atom. The van der Waals surface area contributed by atoms with Crippen LogP contribution in [-0.4, -0.2) is 25.8 Å². The van der Waals surface area contributed by atoms with Crippen LogP contribution in [0.5, 0.6) is 11.5 Å². The Kier molecular flexibility index (Phi) is 6.14. The number of hydrogen-bond donors (Lipinski definition) is 2. The second-order valence-electron chi connectivity index (χ2n) is 6.33. The van der Waals surface area contributed by atoms with Crippen LogP contribution in [0.15, 0.2) is 71.7 Å². The molecule has 0 bridgehead atoms. The predicted octanol–water partition coefficient (Wildman–Crippen LogP) is 4.68. The van der Waals surface area contributed by atoms with E-state index in [1.165, 1.54) is 7.11 Å². The van der Waals surface area contributed by atoms with Gasteiger partial charge in [0.15, 0.2) is 11.5 Å². The largest absolute Gasteiger partial charge is 0.493 e. The lowest BCUT2D eigenvalue weighted by molar-refractivity contribution is 0.102. The number of rotatable bonds is 6. The molecule has 0 heterocycles. The molecule has 148 valence electrons. The molecule has 0 radical (unpaired) electrons. The number of aliphatic imine (C=N–C) groups is 1. The summed E-state index contributed by atoms with van der Waals surface area (Å²) in [6.07, 6.45) is 0. The minimum atomic E-state index is -0.259. The second kappa shape index (κ2) is 8.93. The van der Waals surface area contributed by atoms with Crippen LogP contribution < -0.4 is 20.5 Å². The average molecular weight is 389 g/mol. The first-order valence-electron chi connectivity index (χ1n) is 9.06. The van der Waals surface area contributed by atoms with Gasteiger partial charge in [0.25, 0.3) is 5.91 Å². The van der Waals surface area contributed by atoms with Gasteiger partial charge in [-0.25, -0.2) is 0 Å². The normalized spacial score (nSPS) is 11.1. The van der Waals surface area contributed by atoms with Gasteiger partial charge in [0, 0.05) is 16.8 Å². The number of ether oxygens (including phenoxy) is 2. The van der Waals surface area contributed by atoms with Gasteiger partial charge < -0.3 is 20.5 Å². The topological polar surface area (TPSA) is 85.9 Å². The van der Waals surface area contributed by atoms with Crippen molar-refractivity contribution >= 4 is 28.7 Å². The highest BCUT2D eigenvalue weighted by Crippen LogP contribution is 2.28. The number of anilines is 2. The van der Waals surface area contributed by atoms with E-state index in [-0.39, 0.29) is 5.91 Å². The molecule has 3 aromatic rings. The Morgan fingerprint density at radius 1 is 0.931 bits per heavy atom. The average Bonchev–Trinajstić information content (AvgIpc) is 2.75. The van der Waals surface area contributed by atoms with Gasteiger partial charge in [-0.3, -0.25) is 9.79 Å². The van der Waals surface area contributed by atoms with E-state index in [0.717, 1.165) is 11.3 Å². The van der Waals surface area contributed by atoms with E-state index in [4.69, 9.17) is 15.2 Å². The van der Waals surface area contributed by atoms with Gasteiger partial charge in [0.2, 0.25) is 0 Å². The van der Waals surface area contributed by atoms with Crippen molar-refractivity contribution in [1.29, 1.82) is 0 Å². The number of carbonyl (C=O) groups excluding carboxylic acids is 1. The van der Waals surface area contributed by atoms with Crippen LogP contribution in [0.25, 0.3) is 0 Å². The van der Waals surface area contributed by atoms with Crippen LogP contribution in [-0.2, 0) is 0 Å². The molecule has 0 atom stereocenters. The van der Waals surface area contributed by atoms with Crippen molar-refractivity contribution in [3.05, 3.63) is 77.9 Å². The molecule has 3 rings (SSSR count). The lowest BCUT2D eigenvalue weighted by Crippen LogP contribution is -2.14. The van der Waals surface area contributed by atoms with Crippen LogP contribution in [0.1, 0.15) is 22.8 Å². The summed E-state index contributed by atoms with van der Waals surface area (Å²) in [6.45, 7) is 1.88. The number of nitrogens with two attached hydrogens (primary N) is 1. The van der Waals surface area contributed by atoms with E-state index >= 15 is 0 Å². The second-order valence-corrected chi connectivity index (χ2v) is 6.33. The summed E-state index contributed by atoms with van der Waals surface area (Å²) in [7, 11) is 3.08. The minimum absolute atomic E-state index is 0.259. The summed E-state index contributed by atoms with van der Waals surface area (Å²) in [6, 6.07) is 19.9. The SMILES string of the molecule is COc1ccc(C(=O)Nc2ccccc2C(C)=Nc2ccccc2N)cc1OC. The van der Waals surface area contributed by atoms with Crippen LogP contribution in [0, 0.1) is 0 Å². The molecular formula is C23H23N3O3. The standard InChI is InChI=1S/C23H23N3O3/c1-15(25-20-11-7-5-9-18(20)24)17-8-4-6-10-19(17)26-23(27)16-12-13-21(28-2)22(14-16)29-3/h4-14H,24H2,1-3H3,(H,26,27). The maximum atomic E-state index is 12.8. The summed E-state index contributed by atoms with van der Waals surface area (Å²) in [5, 5.41) is 2.95. The molecule has 0 aliphatic rings. The van der Waals surface area contributed by atoms with E-state index in [2.05, 4.69) is 10.3 Å². The number of nitrogen functional groups attached to an aromatic ring is 1. The number of methoxy groups -OCH3 is 2. The van der Waals surface area contributed by atoms with E-state index in [0.29, 0.717) is 34.1 Å². The maximum absolute atomic E-state index is 12.8. The first-order valence-corrected chi connectivity index (χ1v) is 9.06. The number of hydrogen-bond acceptors (Lipinski definition) is 5. The molecule has 3 N–H and O–H groups in total. The fourth-order valence-corrected chi connectivity index (χ4v) is 2.91. The fraction of sp³-hybridized carbons (Fsp3) is 0.130. The minimum Gasteiger partial charge on any atom is -0.493 e. The van der Waals surface area contributed by atoms with Gasteiger partial charge in [0.05, 0.1) is 31.3 Å². The smallest absolute Gasteiger partial charge is 0.255 e. The maximum Gasteiger partial charge on any atom is 0.255 e. The highest BCUT2D eigenvalue weighted by molar-refractivity contribution is 6.11. The van der Waals surface area contributed by atoms with Crippen molar-refractivity contribution in [3.63, 3.8) is 0 Å². The monoisotopic (exact) mass is 389 g/mol. The van der Waals surface area contributed by atoms with E-state index in [1.54, 1.807) is 31.4 Å². The van der Waals surface area contributed by atoms with Gasteiger partial charge in [-0.1, -0.05) is 30.3 Å². The van der Waals surface area contributed by atoms with Gasteiger partial charge in [-0.05, 0) is 43.3 Å². The Labute approximate surface area is 170 Å². The third-order valence-electron chi connectivity index (χ3n) is 4.44.